The van der Waals surface area contributed by atoms with E-state index in [2.05, 4.69) is 37.4 Å². The van der Waals surface area contributed by atoms with Crippen LogP contribution in [-0.4, -0.2) is 17.8 Å². The molecule has 7 heteroatoms. The predicted octanol–water partition coefficient (Wildman–Crippen LogP) is 2.95. The predicted molar refractivity (Wildman–Crippen MR) is 86.2 cm³/mol. The molecule has 1 aromatic carbocycles. The van der Waals surface area contributed by atoms with Gasteiger partial charge in [0.1, 0.15) is 18.2 Å². The lowest BCUT2D eigenvalue weighted by atomic mass is 10.2. The van der Waals surface area contributed by atoms with Crippen LogP contribution < -0.4 is 15.9 Å². The summed E-state index contributed by atoms with van der Waals surface area (Å²) in [7, 11) is 0. The van der Waals surface area contributed by atoms with E-state index in [4.69, 9.17) is 16.9 Å². The number of hydrogen-bond acceptors (Lipinski definition) is 6. The second kappa shape index (κ2) is 6.93. The zero-order chi connectivity index (χ0) is 14.4. The first-order valence-corrected chi connectivity index (χ1v) is 7.22. The summed E-state index contributed by atoms with van der Waals surface area (Å²) in [6.45, 7) is 0.235. The highest BCUT2D eigenvalue weighted by Gasteiger charge is 2.01. The van der Waals surface area contributed by atoms with Gasteiger partial charge in [-0.25, -0.2) is 4.98 Å². The molecule has 1 aromatic heterocycles. The van der Waals surface area contributed by atoms with Crippen molar-refractivity contribution in [2.45, 2.75) is 0 Å². The van der Waals surface area contributed by atoms with E-state index in [1.165, 1.54) is 11.3 Å². The van der Waals surface area contributed by atoms with Crippen molar-refractivity contribution in [3.8, 4) is 18.1 Å². The van der Waals surface area contributed by atoms with Crippen LogP contribution in [0.1, 0.15) is 5.56 Å². The highest BCUT2D eigenvalue weighted by atomic mass is 79.9. The number of terminal acetylenes is 1. The normalized spacial score (nSPS) is 10.4. The molecule has 0 amide bonds. The molecule has 1 heterocycles. The molecule has 0 aliphatic carbocycles. The first-order valence-electron chi connectivity index (χ1n) is 5.55. The Bertz CT molecular complexity index is 663. The van der Waals surface area contributed by atoms with E-state index >= 15 is 0 Å². The van der Waals surface area contributed by atoms with E-state index in [1.807, 2.05) is 18.2 Å². The number of nitrogen functional groups attached to an aromatic ring is 1. The maximum atomic E-state index is 5.51. The van der Waals surface area contributed by atoms with Gasteiger partial charge in [0.2, 0.25) is 5.13 Å². The standard InChI is InChI=1S/C13H11BrN4OS/c1-2-5-19-11-4-3-9(6-10(11)14)7-16-18-13-17-12(15)8-20-13/h1,3-4,6-8H,5,15H2,(H,17,18). The number of nitrogens with one attached hydrogen (secondary N) is 1. The maximum absolute atomic E-state index is 5.51. The van der Waals surface area contributed by atoms with Crippen LogP contribution in [0.25, 0.3) is 0 Å². The summed E-state index contributed by atoms with van der Waals surface area (Å²) in [4.78, 5) is 4.03. The summed E-state index contributed by atoms with van der Waals surface area (Å²) in [5, 5.41) is 6.47. The minimum atomic E-state index is 0.235. The van der Waals surface area contributed by atoms with Gasteiger partial charge in [-0.3, -0.25) is 5.43 Å². The van der Waals surface area contributed by atoms with Gasteiger partial charge in [-0.15, -0.1) is 17.8 Å². The van der Waals surface area contributed by atoms with Crippen molar-refractivity contribution in [2.75, 3.05) is 17.8 Å². The molecule has 2 rings (SSSR count). The van der Waals surface area contributed by atoms with Crippen LogP contribution in [0.3, 0.4) is 0 Å². The largest absolute Gasteiger partial charge is 0.480 e. The number of rotatable bonds is 5. The number of nitrogens with zero attached hydrogens (tertiary/aromatic N) is 2. The van der Waals surface area contributed by atoms with E-state index < -0.39 is 0 Å². The molecule has 0 unspecified atom stereocenters. The molecule has 0 saturated heterocycles. The zero-order valence-electron chi connectivity index (χ0n) is 10.3. The van der Waals surface area contributed by atoms with Crippen molar-refractivity contribution in [1.82, 2.24) is 4.98 Å². The fraction of sp³-hybridized carbons (Fsp3) is 0.0769. The fourth-order valence-corrected chi connectivity index (χ4v) is 2.39. The lowest BCUT2D eigenvalue weighted by molar-refractivity contribution is 0.368. The van der Waals surface area contributed by atoms with Gasteiger partial charge in [0.15, 0.2) is 0 Å². The molecule has 0 fully saturated rings. The third-order valence-electron chi connectivity index (χ3n) is 2.16. The average molecular weight is 351 g/mol. The van der Waals surface area contributed by atoms with E-state index in [9.17, 15) is 0 Å². The van der Waals surface area contributed by atoms with Crippen LogP contribution in [-0.2, 0) is 0 Å². The second-order valence-corrected chi connectivity index (χ2v) is 5.34. The Kier molecular flexibility index (Phi) is 4.98. The van der Waals surface area contributed by atoms with Crippen molar-refractivity contribution >= 4 is 44.4 Å². The highest BCUT2D eigenvalue weighted by molar-refractivity contribution is 9.10. The quantitative estimate of drug-likeness (QED) is 0.494. The van der Waals surface area contributed by atoms with Gasteiger partial charge >= 0.3 is 0 Å². The summed E-state index contributed by atoms with van der Waals surface area (Å²) < 4.78 is 6.17. The van der Waals surface area contributed by atoms with Gasteiger partial charge in [-0.1, -0.05) is 5.92 Å². The Morgan fingerprint density at radius 1 is 1.60 bits per heavy atom. The molecule has 0 saturated carbocycles. The first kappa shape index (κ1) is 14.4. The number of nitrogens with two attached hydrogens (primary N) is 1. The molecular formula is C13H11BrN4OS. The Hall–Kier alpha value is -2.04. The van der Waals surface area contributed by atoms with Crippen LogP contribution in [0.4, 0.5) is 10.9 Å². The number of anilines is 2. The number of ether oxygens (including phenoxy) is 1. The molecule has 102 valence electrons. The maximum Gasteiger partial charge on any atom is 0.205 e. The molecule has 0 aliphatic heterocycles. The van der Waals surface area contributed by atoms with Crippen LogP contribution in [0.15, 0.2) is 33.2 Å². The number of hydrogen-bond donors (Lipinski definition) is 2. The van der Waals surface area contributed by atoms with Crippen molar-refractivity contribution in [1.29, 1.82) is 0 Å². The van der Waals surface area contributed by atoms with Gasteiger partial charge in [-0.2, -0.15) is 5.10 Å². The molecule has 0 bridgehead atoms. The number of halogens is 1. The summed E-state index contributed by atoms with van der Waals surface area (Å²) in [6.07, 6.45) is 6.82. The topological polar surface area (TPSA) is 72.5 Å². The van der Waals surface area contributed by atoms with E-state index in [1.54, 1.807) is 11.6 Å². The van der Waals surface area contributed by atoms with E-state index in [0.717, 1.165) is 10.0 Å². The average Bonchev–Trinajstić information content (AvgIpc) is 2.84. The smallest absolute Gasteiger partial charge is 0.205 e. The fourth-order valence-electron chi connectivity index (χ4n) is 1.33. The Labute approximate surface area is 129 Å². The Morgan fingerprint density at radius 2 is 2.45 bits per heavy atom. The van der Waals surface area contributed by atoms with Crippen molar-refractivity contribution < 1.29 is 4.74 Å². The molecule has 20 heavy (non-hydrogen) atoms. The van der Waals surface area contributed by atoms with Gasteiger partial charge in [0, 0.05) is 5.38 Å². The number of thiazole rings is 1. The molecular weight excluding hydrogens is 340 g/mol. The highest BCUT2D eigenvalue weighted by Crippen LogP contribution is 2.25. The Morgan fingerprint density at radius 3 is 3.10 bits per heavy atom. The third kappa shape index (κ3) is 3.98. The SMILES string of the molecule is C#CCOc1ccc(C=NNc2nc(N)cs2)cc1Br. The minimum absolute atomic E-state index is 0.235. The summed E-state index contributed by atoms with van der Waals surface area (Å²) in [5.41, 5.74) is 9.22. The van der Waals surface area contributed by atoms with Gasteiger partial charge in [0.05, 0.1) is 10.7 Å². The molecule has 5 nitrogen and oxygen atoms in total. The summed E-state index contributed by atoms with van der Waals surface area (Å²) >= 11 is 4.81. The Balaban J connectivity index is 1.99. The molecule has 3 N–H and O–H groups in total. The lowest BCUT2D eigenvalue weighted by Crippen LogP contribution is -1.95. The van der Waals surface area contributed by atoms with Crippen LogP contribution in [0.5, 0.6) is 5.75 Å². The summed E-state index contributed by atoms with van der Waals surface area (Å²) in [6, 6.07) is 5.58. The zero-order valence-corrected chi connectivity index (χ0v) is 12.7. The minimum Gasteiger partial charge on any atom is -0.480 e. The van der Waals surface area contributed by atoms with Gasteiger partial charge in [0.25, 0.3) is 0 Å². The summed E-state index contributed by atoms with van der Waals surface area (Å²) in [5.74, 6) is 3.59. The number of aromatic nitrogens is 1. The first-order chi connectivity index (χ1) is 9.69. The molecule has 0 radical (unpaired) electrons. The second-order valence-electron chi connectivity index (χ2n) is 3.63. The number of hydrazone groups is 1. The van der Waals surface area contributed by atoms with Crippen LogP contribution in [0.2, 0.25) is 0 Å². The third-order valence-corrected chi connectivity index (χ3v) is 3.55. The van der Waals surface area contributed by atoms with Crippen LogP contribution >= 0.6 is 27.3 Å². The molecule has 0 aliphatic rings. The number of benzene rings is 1. The van der Waals surface area contributed by atoms with Crippen molar-refractivity contribution in [3.05, 3.63) is 33.6 Å². The van der Waals surface area contributed by atoms with Gasteiger partial charge < -0.3 is 10.5 Å². The van der Waals surface area contributed by atoms with E-state index in [-0.39, 0.29) is 6.61 Å². The van der Waals surface area contributed by atoms with Gasteiger partial charge in [-0.05, 0) is 39.7 Å². The van der Waals surface area contributed by atoms with Crippen molar-refractivity contribution in [2.24, 2.45) is 5.10 Å². The van der Waals surface area contributed by atoms with Crippen LogP contribution in [0, 0.1) is 12.3 Å². The van der Waals surface area contributed by atoms with E-state index in [0.29, 0.717) is 16.7 Å². The molecule has 0 atom stereocenters. The monoisotopic (exact) mass is 350 g/mol. The van der Waals surface area contributed by atoms with Crippen molar-refractivity contribution in [3.63, 3.8) is 0 Å². The molecule has 0 spiro atoms. The lowest BCUT2D eigenvalue weighted by Gasteiger charge is -2.05. The molecule has 2 aromatic rings.